The topological polar surface area (TPSA) is 84.7 Å². The summed E-state index contributed by atoms with van der Waals surface area (Å²) in [7, 11) is 0.902. The zero-order valence-electron chi connectivity index (χ0n) is 21.2. The standard InChI is InChI=1S/C26H32F3N3O4S/c1-4-35-18-36-15-12-24(21(16-30)22-31-19(2)17-37-22)10-13-32(14-11-24)23(33)25(34-3,26(27,28)29)20-8-6-5-7-9-20/h5-9,17,21H,4,10-15,18H2,1-3H3/t21?,25-/m1/s1. The molecular weight excluding hydrogens is 507 g/mol. The van der Waals surface area contributed by atoms with Gasteiger partial charge in [0, 0.05) is 43.4 Å². The number of carbonyl (C=O) groups excluding carboxylic acids is 1. The Morgan fingerprint density at radius 2 is 1.92 bits per heavy atom. The number of halogens is 3. The number of nitriles is 1. The van der Waals surface area contributed by atoms with E-state index in [1.807, 2.05) is 19.2 Å². The number of aromatic nitrogens is 1. The van der Waals surface area contributed by atoms with Gasteiger partial charge in [0.15, 0.2) is 0 Å². The van der Waals surface area contributed by atoms with Gasteiger partial charge in [-0.25, -0.2) is 4.98 Å². The molecule has 2 heterocycles. The van der Waals surface area contributed by atoms with E-state index in [1.54, 1.807) is 6.07 Å². The molecule has 1 unspecified atom stereocenters. The molecule has 0 spiro atoms. The molecule has 1 amide bonds. The predicted molar refractivity (Wildman–Crippen MR) is 132 cm³/mol. The minimum absolute atomic E-state index is 0.0425. The minimum Gasteiger partial charge on any atom is -0.356 e. The number of alkyl halides is 3. The maximum Gasteiger partial charge on any atom is 0.430 e. The van der Waals surface area contributed by atoms with Crippen LogP contribution in [0.5, 0.6) is 0 Å². The van der Waals surface area contributed by atoms with Crippen LogP contribution in [0.25, 0.3) is 0 Å². The van der Waals surface area contributed by atoms with Crippen LogP contribution in [0.15, 0.2) is 35.7 Å². The monoisotopic (exact) mass is 539 g/mol. The summed E-state index contributed by atoms with van der Waals surface area (Å²) >= 11 is 1.39. The number of thiazole rings is 1. The maximum atomic E-state index is 14.4. The summed E-state index contributed by atoms with van der Waals surface area (Å²) in [5, 5.41) is 12.7. The van der Waals surface area contributed by atoms with Crippen molar-refractivity contribution in [2.45, 2.75) is 50.8 Å². The second kappa shape index (κ2) is 12.3. The van der Waals surface area contributed by atoms with Crippen molar-refractivity contribution in [3.05, 3.63) is 52.0 Å². The molecule has 1 aliphatic heterocycles. The molecule has 1 saturated heterocycles. The Labute approximate surface area is 219 Å². The number of aryl methyl sites for hydroxylation is 1. The average Bonchev–Trinajstić information content (AvgIpc) is 3.31. The number of ether oxygens (including phenoxy) is 3. The molecule has 0 saturated carbocycles. The lowest BCUT2D eigenvalue weighted by Gasteiger charge is -2.46. The molecule has 3 rings (SSSR count). The van der Waals surface area contributed by atoms with Gasteiger partial charge in [-0.05, 0) is 38.5 Å². The molecular formula is C26H32F3N3O4S. The average molecular weight is 540 g/mol. The zero-order chi connectivity index (χ0) is 27.1. The van der Waals surface area contributed by atoms with E-state index in [1.165, 1.54) is 40.5 Å². The van der Waals surface area contributed by atoms with Crippen molar-refractivity contribution in [1.29, 1.82) is 5.26 Å². The molecule has 0 N–H and O–H groups in total. The number of rotatable bonds is 11. The highest BCUT2D eigenvalue weighted by molar-refractivity contribution is 7.09. The summed E-state index contributed by atoms with van der Waals surface area (Å²) in [6.45, 7) is 4.71. The van der Waals surface area contributed by atoms with Gasteiger partial charge >= 0.3 is 6.18 Å². The Morgan fingerprint density at radius 1 is 1.24 bits per heavy atom. The number of hydrogen-bond donors (Lipinski definition) is 0. The third-order valence-corrected chi connectivity index (χ3v) is 8.00. The van der Waals surface area contributed by atoms with Crippen LogP contribution in [0.4, 0.5) is 13.2 Å². The SMILES string of the molecule is CCOCOCCC1(C(C#N)c2nc(C)cs2)CCN(C(=O)[C@](OC)(c2ccccc2)C(F)(F)F)CC1. The van der Waals surface area contributed by atoms with Gasteiger partial charge in [-0.1, -0.05) is 30.3 Å². The molecule has 1 aromatic heterocycles. The quantitative estimate of drug-likeness (QED) is 0.289. The normalized spacial score (nSPS) is 18.1. The highest BCUT2D eigenvalue weighted by atomic mass is 32.1. The van der Waals surface area contributed by atoms with E-state index < -0.39 is 29.0 Å². The van der Waals surface area contributed by atoms with Crippen molar-refractivity contribution in [1.82, 2.24) is 9.88 Å². The summed E-state index contributed by atoms with van der Waals surface area (Å²) < 4.78 is 59.1. The summed E-state index contributed by atoms with van der Waals surface area (Å²) in [4.78, 5) is 19.2. The van der Waals surface area contributed by atoms with Crippen molar-refractivity contribution < 1.29 is 32.2 Å². The third kappa shape index (κ3) is 5.98. The second-order valence-electron chi connectivity index (χ2n) is 9.06. The van der Waals surface area contributed by atoms with E-state index in [-0.39, 0.29) is 25.4 Å². The Hall–Kier alpha value is -2.52. The zero-order valence-corrected chi connectivity index (χ0v) is 22.0. The fourth-order valence-corrected chi connectivity index (χ4v) is 5.88. The van der Waals surface area contributed by atoms with Gasteiger partial charge in [0.05, 0.1) is 12.7 Å². The molecule has 0 radical (unpaired) electrons. The van der Waals surface area contributed by atoms with Crippen LogP contribution in [0.1, 0.15) is 48.4 Å². The summed E-state index contributed by atoms with van der Waals surface area (Å²) in [6, 6.07) is 9.34. The largest absolute Gasteiger partial charge is 0.430 e. The summed E-state index contributed by atoms with van der Waals surface area (Å²) in [5.41, 5.74) is -3.21. The Morgan fingerprint density at radius 3 is 2.43 bits per heavy atom. The number of benzene rings is 1. The Kier molecular flexibility index (Phi) is 9.69. The van der Waals surface area contributed by atoms with Gasteiger partial charge in [-0.3, -0.25) is 4.79 Å². The Balaban J connectivity index is 1.88. The number of piperidine rings is 1. The molecule has 11 heteroatoms. The molecule has 2 atom stereocenters. The molecule has 0 bridgehead atoms. The Bertz CT molecular complexity index is 1070. The number of methoxy groups -OCH3 is 1. The van der Waals surface area contributed by atoms with Crippen LogP contribution in [-0.2, 0) is 24.6 Å². The van der Waals surface area contributed by atoms with E-state index >= 15 is 0 Å². The first kappa shape index (κ1) is 29.0. The predicted octanol–water partition coefficient (Wildman–Crippen LogP) is 5.17. The number of likely N-dealkylation sites (tertiary alicyclic amines) is 1. The molecule has 37 heavy (non-hydrogen) atoms. The third-order valence-electron chi connectivity index (χ3n) is 6.97. The lowest BCUT2D eigenvalue weighted by atomic mass is 9.67. The smallest absolute Gasteiger partial charge is 0.356 e. The molecule has 2 aromatic rings. The lowest BCUT2D eigenvalue weighted by Crippen LogP contribution is -2.59. The molecule has 1 aromatic carbocycles. The van der Waals surface area contributed by atoms with Crippen molar-refractivity contribution in [3.63, 3.8) is 0 Å². The van der Waals surface area contributed by atoms with Gasteiger partial charge < -0.3 is 19.1 Å². The molecule has 1 fully saturated rings. The number of carbonyl (C=O) groups is 1. The van der Waals surface area contributed by atoms with Gasteiger partial charge in [0.25, 0.3) is 11.5 Å². The van der Waals surface area contributed by atoms with Crippen LogP contribution in [0.3, 0.4) is 0 Å². The van der Waals surface area contributed by atoms with E-state index in [0.29, 0.717) is 37.5 Å². The number of nitrogens with zero attached hydrogens (tertiary/aromatic N) is 3. The molecule has 1 aliphatic rings. The fraction of sp³-hybridized carbons (Fsp3) is 0.577. The molecule has 0 aliphatic carbocycles. The number of amides is 1. The first-order valence-corrected chi connectivity index (χ1v) is 13.0. The van der Waals surface area contributed by atoms with E-state index in [2.05, 4.69) is 11.1 Å². The molecule has 202 valence electrons. The van der Waals surface area contributed by atoms with E-state index in [9.17, 15) is 23.2 Å². The van der Waals surface area contributed by atoms with Crippen molar-refractivity contribution in [2.75, 3.05) is 40.2 Å². The van der Waals surface area contributed by atoms with Crippen molar-refractivity contribution >= 4 is 17.2 Å². The van der Waals surface area contributed by atoms with Gasteiger partial charge in [0.2, 0.25) is 0 Å². The van der Waals surface area contributed by atoms with Gasteiger partial charge in [-0.2, -0.15) is 18.4 Å². The van der Waals surface area contributed by atoms with Crippen LogP contribution in [0, 0.1) is 23.7 Å². The summed E-state index contributed by atoms with van der Waals surface area (Å²) in [6.07, 6.45) is -3.86. The van der Waals surface area contributed by atoms with Gasteiger partial charge in [-0.15, -0.1) is 11.3 Å². The van der Waals surface area contributed by atoms with Crippen LogP contribution >= 0.6 is 11.3 Å². The first-order chi connectivity index (χ1) is 17.6. The fourth-order valence-electron chi connectivity index (χ4n) is 4.90. The highest BCUT2D eigenvalue weighted by Crippen LogP contribution is 2.49. The van der Waals surface area contributed by atoms with Crippen molar-refractivity contribution in [3.8, 4) is 6.07 Å². The maximum absolute atomic E-state index is 14.4. The van der Waals surface area contributed by atoms with E-state index in [0.717, 1.165) is 12.8 Å². The number of hydrogen-bond acceptors (Lipinski definition) is 7. The second-order valence-corrected chi connectivity index (χ2v) is 9.95. The molecule has 7 nitrogen and oxygen atoms in total. The van der Waals surface area contributed by atoms with Crippen LogP contribution in [0.2, 0.25) is 0 Å². The lowest BCUT2D eigenvalue weighted by molar-refractivity contribution is -0.271. The minimum atomic E-state index is -4.98. The summed E-state index contributed by atoms with van der Waals surface area (Å²) in [5.74, 6) is -1.74. The highest BCUT2D eigenvalue weighted by Gasteiger charge is 2.64. The van der Waals surface area contributed by atoms with E-state index in [4.69, 9.17) is 14.2 Å². The first-order valence-electron chi connectivity index (χ1n) is 12.1. The van der Waals surface area contributed by atoms with Crippen molar-refractivity contribution in [2.24, 2.45) is 5.41 Å². The van der Waals surface area contributed by atoms with Crippen LogP contribution in [-0.4, -0.2) is 62.2 Å². The van der Waals surface area contributed by atoms with Crippen LogP contribution < -0.4 is 0 Å². The van der Waals surface area contributed by atoms with Gasteiger partial charge in [0.1, 0.15) is 17.7 Å².